The van der Waals surface area contributed by atoms with E-state index in [0.29, 0.717) is 6.54 Å². The van der Waals surface area contributed by atoms with Gasteiger partial charge in [0.15, 0.2) is 5.16 Å². The molecule has 0 aromatic carbocycles. The van der Waals surface area contributed by atoms with E-state index in [1.807, 2.05) is 11.6 Å². The molecule has 0 amide bonds. The number of nitrogens with two attached hydrogens (primary N) is 1. The molecule has 17 heavy (non-hydrogen) atoms. The van der Waals surface area contributed by atoms with E-state index in [1.54, 1.807) is 11.8 Å². The van der Waals surface area contributed by atoms with Gasteiger partial charge in [-0.3, -0.25) is 0 Å². The van der Waals surface area contributed by atoms with E-state index < -0.39 is 0 Å². The smallest absolute Gasteiger partial charge is 0.190 e. The number of aromatic nitrogens is 3. The van der Waals surface area contributed by atoms with Crippen molar-refractivity contribution in [2.24, 2.45) is 18.7 Å². The molecule has 1 fully saturated rings. The number of hydrogen-bond acceptors (Lipinski definition) is 5. The van der Waals surface area contributed by atoms with E-state index in [4.69, 9.17) is 10.5 Å². The maximum Gasteiger partial charge on any atom is 0.190 e. The van der Waals surface area contributed by atoms with Crippen LogP contribution in [-0.2, 0) is 18.2 Å². The lowest BCUT2D eigenvalue weighted by Gasteiger charge is -2.06. The highest BCUT2D eigenvalue weighted by Crippen LogP contribution is 2.22. The second kappa shape index (κ2) is 6.37. The van der Waals surface area contributed by atoms with Crippen LogP contribution in [0.3, 0.4) is 0 Å². The van der Waals surface area contributed by atoms with Crippen molar-refractivity contribution >= 4 is 11.8 Å². The fraction of sp³-hybridized carbons (Fsp3) is 0.818. The largest absolute Gasteiger partial charge is 0.381 e. The van der Waals surface area contributed by atoms with Crippen molar-refractivity contribution < 1.29 is 4.74 Å². The molecule has 5 nitrogen and oxygen atoms in total. The third-order valence-corrected chi connectivity index (χ3v) is 4.13. The summed E-state index contributed by atoms with van der Waals surface area (Å²) in [4.78, 5) is 0. The summed E-state index contributed by atoms with van der Waals surface area (Å²) < 4.78 is 7.41. The molecule has 1 atom stereocenters. The molecule has 1 aliphatic rings. The van der Waals surface area contributed by atoms with Gasteiger partial charge in [-0.15, -0.1) is 10.2 Å². The molecule has 1 aromatic rings. The van der Waals surface area contributed by atoms with Gasteiger partial charge in [-0.25, -0.2) is 0 Å². The van der Waals surface area contributed by atoms with Crippen molar-refractivity contribution in [2.45, 2.75) is 24.4 Å². The highest BCUT2D eigenvalue weighted by atomic mass is 32.2. The highest BCUT2D eigenvalue weighted by molar-refractivity contribution is 7.99. The van der Waals surface area contributed by atoms with Crippen molar-refractivity contribution in [2.75, 3.05) is 25.5 Å². The van der Waals surface area contributed by atoms with E-state index in [0.717, 1.165) is 42.3 Å². The van der Waals surface area contributed by atoms with Crippen molar-refractivity contribution in [3.63, 3.8) is 0 Å². The highest BCUT2D eigenvalue weighted by Gasteiger charge is 2.16. The molecule has 0 spiro atoms. The number of nitrogens with zero attached hydrogens (tertiary/aromatic N) is 3. The minimum Gasteiger partial charge on any atom is -0.381 e. The van der Waals surface area contributed by atoms with E-state index in [2.05, 4.69) is 10.2 Å². The summed E-state index contributed by atoms with van der Waals surface area (Å²) in [5.41, 5.74) is 5.52. The van der Waals surface area contributed by atoms with Gasteiger partial charge in [-0.2, -0.15) is 0 Å². The zero-order chi connectivity index (χ0) is 12.1. The van der Waals surface area contributed by atoms with Crippen LogP contribution in [0.25, 0.3) is 0 Å². The zero-order valence-corrected chi connectivity index (χ0v) is 11.1. The molecule has 6 heteroatoms. The van der Waals surface area contributed by atoms with E-state index >= 15 is 0 Å². The van der Waals surface area contributed by atoms with Crippen LogP contribution < -0.4 is 5.73 Å². The first-order chi connectivity index (χ1) is 8.31. The second-order valence-corrected chi connectivity index (χ2v) is 5.43. The molecular formula is C11H20N4OS. The van der Waals surface area contributed by atoms with E-state index in [-0.39, 0.29) is 0 Å². The Kier molecular flexibility index (Phi) is 4.82. The molecule has 1 aromatic heterocycles. The maximum absolute atomic E-state index is 5.52. The van der Waals surface area contributed by atoms with Gasteiger partial charge in [-0.1, -0.05) is 11.8 Å². The molecule has 0 aliphatic carbocycles. The number of thioether (sulfide) groups is 1. The van der Waals surface area contributed by atoms with Gasteiger partial charge in [0.05, 0.1) is 0 Å². The van der Waals surface area contributed by atoms with Crippen LogP contribution in [0, 0.1) is 5.92 Å². The number of hydrogen-bond donors (Lipinski definition) is 1. The average molecular weight is 256 g/mol. The summed E-state index contributed by atoms with van der Waals surface area (Å²) in [5, 5.41) is 9.32. The van der Waals surface area contributed by atoms with Gasteiger partial charge in [-0.05, 0) is 25.3 Å². The fourth-order valence-corrected chi connectivity index (χ4v) is 2.98. The minimum absolute atomic E-state index is 0.621. The number of ether oxygens (including phenoxy) is 1. The molecule has 1 unspecified atom stereocenters. The van der Waals surface area contributed by atoms with Crippen LogP contribution in [0.5, 0.6) is 0 Å². The Morgan fingerprint density at radius 1 is 1.53 bits per heavy atom. The third kappa shape index (κ3) is 3.43. The van der Waals surface area contributed by atoms with Gasteiger partial charge in [0.2, 0.25) is 0 Å². The summed E-state index contributed by atoms with van der Waals surface area (Å²) in [5.74, 6) is 2.79. The molecule has 0 bridgehead atoms. The van der Waals surface area contributed by atoms with Crippen LogP contribution in [0.15, 0.2) is 5.16 Å². The average Bonchev–Trinajstić information content (AvgIpc) is 2.94. The predicted molar refractivity (Wildman–Crippen MR) is 68.0 cm³/mol. The number of rotatable bonds is 6. The van der Waals surface area contributed by atoms with Crippen molar-refractivity contribution in [3.05, 3.63) is 5.82 Å². The van der Waals surface area contributed by atoms with Gasteiger partial charge in [0.25, 0.3) is 0 Å². The standard InChI is InChI=1S/C11H20N4OS/c1-15-10(2-5-12)13-14-11(15)17-7-4-9-3-6-16-8-9/h9H,2-8,12H2,1H3. The van der Waals surface area contributed by atoms with Gasteiger partial charge < -0.3 is 15.0 Å². The van der Waals surface area contributed by atoms with Gasteiger partial charge in [0.1, 0.15) is 5.82 Å². The summed E-state index contributed by atoms with van der Waals surface area (Å²) in [6.07, 6.45) is 3.20. The summed E-state index contributed by atoms with van der Waals surface area (Å²) in [6.45, 7) is 2.48. The lowest BCUT2D eigenvalue weighted by atomic mass is 10.1. The molecule has 1 saturated heterocycles. The van der Waals surface area contributed by atoms with Crippen LogP contribution >= 0.6 is 11.8 Å². The van der Waals surface area contributed by atoms with Crippen molar-refractivity contribution in [1.29, 1.82) is 0 Å². The summed E-state index contributed by atoms with van der Waals surface area (Å²) in [6, 6.07) is 0. The predicted octanol–water partition coefficient (Wildman–Crippen LogP) is 0.835. The molecule has 1 aliphatic heterocycles. The first-order valence-corrected chi connectivity index (χ1v) is 7.08. The monoisotopic (exact) mass is 256 g/mol. The molecule has 2 N–H and O–H groups in total. The topological polar surface area (TPSA) is 66.0 Å². The Morgan fingerprint density at radius 2 is 2.41 bits per heavy atom. The molecule has 2 heterocycles. The Hall–Kier alpha value is -0.590. The first-order valence-electron chi connectivity index (χ1n) is 6.10. The minimum atomic E-state index is 0.621. The van der Waals surface area contributed by atoms with Crippen LogP contribution in [0.4, 0.5) is 0 Å². The first kappa shape index (κ1) is 12.9. The van der Waals surface area contributed by atoms with Gasteiger partial charge in [0, 0.05) is 32.4 Å². The summed E-state index contributed by atoms with van der Waals surface area (Å²) in [7, 11) is 2.01. The molecular weight excluding hydrogens is 236 g/mol. The lowest BCUT2D eigenvalue weighted by Crippen LogP contribution is -2.08. The normalized spacial score (nSPS) is 20.0. The Balaban J connectivity index is 1.78. The fourth-order valence-electron chi connectivity index (χ4n) is 1.95. The summed E-state index contributed by atoms with van der Waals surface area (Å²) >= 11 is 1.77. The van der Waals surface area contributed by atoms with Crippen molar-refractivity contribution in [3.8, 4) is 0 Å². The quantitative estimate of drug-likeness (QED) is 0.764. The Bertz CT molecular complexity index is 349. The maximum atomic E-state index is 5.52. The molecule has 0 radical (unpaired) electrons. The molecule has 2 rings (SSSR count). The zero-order valence-electron chi connectivity index (χ0n) is 10.3. The van der Waals surface area contributed by atoms with Gasteiger partial charge >= 0.3 is 0 Å². The molecule has 96 valence electrons. The Morgan fingerprint density at radius 3 is 3.12 bits per heavy atom. The third-order valence-electron chi connectivity index (χ3n) is 3.07. The molecule has 0 saturated carbocycles. The van der Waals surface area contributed by atoms with Crippen LogP contribution in [0.1, 0.15) is 18.7 Å². The van der Waals surface area contributed by atoms with Crippen LogP contribution in [0.2, 0.25) is 0 Å². The van der Waals surface area contributed by atoms with Crippen LogP contribution in [-0.4, -0.2) is 40.3 Å². The lowest BCUT2D eigenvalue weighted by molar-refractivity contribution is 0.185. The van der Waals surface area contributed by atoms with Crippen molar-refractivity contribution in [1.82, 2.24) is 14.8 Å². The second-order valence-electron chi connectivity index (χ2n) is 4.36. The van der Waals surface area contributed by atoms with E-state index in [9.17, 15) is 0 Å². The SMILES string of the molecule is Cn1c(CCN)nnc1SCCC1CCOC1. The Labute approximate surface area is 106 Å². The van der Waals surface area contributed by atoms with E-state index in [1.165, 1.54) is 12.8 Å².